The van der Waals surface area contributed by atoms with Gasteiger partial charge in [-0.3, -0.25) is 10.1 Å². The number of rotatable bonds is 4. The van der Waals surface area contributed by atoms with Crippen LogP contribution in [0.5, 0.6) is 0 Å². The number of aromatic nitrogens is 2. The Balaban J connectivity index is 2.76. The molecule has 2 rings (SSSR count). The molecule has 21 heavy (non-hydrogen) atoms. The van der Waals surface area contributed by atoms with Gasteiger partial charge in [-0.05, 0) is 31.0 Å². The molecule has 0 fully saturated rings. The van der Waals surface area contributed by atoms with Crippen LogP contribution in [0.4, 0.5) is 5.69 Å². The molecule has 1 heterocycles. The summed E-state index contributed by atoms with van der Waals surface area (Å²) in [5, 5.41) is 25.3. The van der Waals surface area contributed by atoms with Gasteiger partial charge < -0.3 is 0 Å². The van der Waals surface area contributed by atoms with Crippen LogP contribution in [-0.4, -0.2) is 14.7 Å². The Kier molecular flexibility index (Phi) is 4.24. The minimum absolute atomic E-state index is 0.0267. The fourth-order valence-electron chi connectivity index (χ4n) is 2.24. The molecule has 2 aromatic rings. The highest BCUT2D eigenvalue weighted by Gasteiger charge is 2.26. The average Bonchev–Trinajstić information content (AvgIpc) is 2.85. The van der Waals surface area contributed by atoms with Gasteiger partial charge in [-0.15, -0.1) is 0 Å². The van der Waals surface area contributed by atoms with Crippen molar-refractivity contribution in [3.05, 3.63) is 50.3 Å². The van der Waals surface area contributed by atoms with E-state index in [1.54, 1.807) is 12.1 Å². The Morgan fingerprint density at radius 2 is 2.14 bits per heavy atom. The van der Waals surface area contributed by atoms with Crippen LogP contribution >= 0.6 is 11.6 Å². The van der Waals surface area contributed by atoms with Crippen LogP contribution in [0.3, 0.4) is 0 Å². The molecule has 108 valence electrons. The van der Waals surface area contributed by atoms with E-state index in [0.29, 0.717) is 40.5 Å². The van der Waals surface area contributed by atoms with E-state index in [-0.39, 0.29) is 5.69 Å². The zero-order valence-electron chi connectivity index (χ0n) is 11.6. The van der Waals surface area contributed by atoms with E-state index >= 15 is 0 Å². The van der Waals surface area contributed by atoms with Gasteiger partial charge in [0.25, 0.3) is 0 Å². The third kappa shape index (κ3) is 2.60. The first kappa shape index (κ1) is 15.0. The third-order valence-corrected chi connectivity index (χ3v) is 3.42. The third-order valence-electron chi connectivity index (χ3n) is 3.18. The van der Waals surface area contributed by atoms with E-state index in [1.165, 1.54) is 10.7 Å². The van der Waals surface area contributed by atoms with E-state index in [1.807, 2.05) is 19.9 Å². The molecule has 7 heteroatoms. The maximum absolute atomic E-state index is 11.3. The Morgan fingerprint density at radius 1 is 1.43 bits per heavy atom. The van der Waals surface area contributed by atoms with Crippen molar-refractivity contribution in [2.45, 2.75) is 26.7 Å². The Bertz CT molecular complexity index is 746. The van der Waals surface area contributed by atoms with Gasteiger partial charge in [-0.2, -0.15) is 10.4 Å². The number of aryl methyl sites for hydroxylation is 1. The maximum Gasteiger partial charge on any atom is 0.313 e. The summed E-state index contributed by atoms with van der Waals surface area (Å²) in [5.74, 6) is 0. The molecule has 0 radical (unpaired) electrons. The van der Waals surface area contributed by atoms with Crippen LogP contribution in [0.15, 0.2) is 18.2 Å². The first-order chi connectivity index (χ1) is 10.0. The summed E-state index contributed by atoms with van der Waals surface area (Å²) in [6, 6.07) is 6.85. The molecule has 0 atom stereocenters. The van der Waals surface area contributed by atoms with Crippen LogP contribution in [0, 0.1) is 21.4 Å². The molecule has 0 amide bonds. The van der Waals surface area contributed by atoms with Crippen molar-refractivity contribution in [3.63, 3.8) is 0 Å². The Hall–Kier alpha value is -2.39. The lowest BCUT2D eigenvalue weighted by atomic mass is 10.1. The lowest BCUT2D eigenvalue weighted by molar-refractivity contribution is -0.386. The largest absolute Gasteiger partial charge is 0.313 e. The zero-order chi connectivity index (χ0) is 15.6. The van der Waals surface area contributed by atoms with Gasteiger partial charge >= 0.3 is 5.69 Å². The Labute approximate surface area is 126 Å². The number of hydrogen-bond acceptors (Lipinski definition) is 4. The van der Waals surface area contributed by atoms with Crippen LogP contribution in [-0.2, 0) is 12.8 Å². The molecule has 0 saturated carbocycles. The molecule has 1 aromatic carbocycles. The molecule has 0 N–H and O–H groups in total. The lowest BCUT2D eigenvalue weighted by Crippen LogP contribution is -2.05. The average molecular weight is 305 g/mol. The molecular weight excluding hydrogens is 292 g/mol. The van der Waals surface area contributed by atoms with Crippen LogP contribution in [0.1, 0.15) is 30.8 Å². The molecule has 0 aliphatic heterocycles. The molecule has 1 aromatic heterocycles. The highest BCUT2D eigenvalue weighted by molar-refractivity contribution is 6.30. The topological polar surface area (TPSA) is 84.8 Å². The van der Waals surface area contributed by atoms with Crippen molar-refractivity contribution < 1.29 is 4.92 Å². The van der Waals surface area contributed by atoms with Gasteiger partial charge in [0.1, 0.15) is 17.5 Å². The second-order valence-electron chi connectivity index (χ2n) is 4.39. The van der Waals surface area contributed by atoms with Crippen molar-refractivity contribution in [3.8, 4) is 11.8 Å². The van der Waals surface area contributed by atoms with Gasteiger partial charge in [0.2, 0.25) is 0 Å². The molecule has 6 nitrogen and oxygen atoms in total. The quantitative estimate of drug-likeness (QED) is 0.639. The summed E-state index contributed by atoms with van der Waals surface area (Å²) >= 11 is 5.88. The molecule has 0 bridgehead atoms. The predicted molar refractivity (Wildman–Crippen MR) is 78.7 cm³/mol. The van der Waals surface area contributed by atoms with E-state index in [0.717, 1.165) is 0 Å². The van der Waals surface area contributed by atoms with E-state index in [9.17, 15) is 15.4 Å². The molecule has 0 unspecified atom stereocenters. The first-order valence-corrected chi connectivity index (χ1v) is 6.86. The summed E-state index contributed by atoms with van der Waals surface area (Å²) in [7, 11) is 0. The molecular formula is C14H13ClN4O2. The molecule has 0 aliphatic carbocycles. The van der Waals surface area contributed by atoms with Gasteiger partial charge in [0.05, 0.1) is 16.2 Å². The van der Waals surface area contributed by atoms with Crippen LogP contribution in [0.2, 0.25) is 5.02 Å². The Morgan fingerprint density at radius 3 is 2.67 bits per heavy atom. The van der Waals surface area contributed by atoms with Gasteiger partial charge in [0, 0.05) is 5.02 Å². The number of nitro groups is 1. The van der Waals surface area contributed by atoms with E-state index < -0.39 is 4.92 Å². The zero-order valence-corrected chi connectivity index (χ0v) is 12.4. The molecule has 0 saturated heterocycles. The highest BCUT2D eigenvalue weighted by atomic mass is 35.5. The van der Waals surface area contributed by atoms with Gasteiger partial charge in [-0.1, -0.05) is 25.4 Å². The van der Waals surface area contributed by atoms with Crippen molar-refractivity contribution in [2.24, 2.45) is 0 Å². The maximum atomic E-state index is 11.3. The molecule has 0 aliphatic rings. The number of nitrogens with zero attached hydrogens (tertiary/aromatic N) is 4. The van der Waals surface area contributed by atoms with Crippen LogP contribution < -0.4 is 0 Å². The van der Waals surface area contributed by atoms with Gasteiger partial charge in [0.15, 0.2) is 0 Å². The van der Waals surface area contributed by atoms with Gasteiger partial charge in [-0.25, -0.2) is 4.68 Å². The van der Waals surface area contributed by atoms with E-state index in [2.05, 4.69) is 5.10 Å². The smallest absolute Gasteiger partial charge is 0.258 e. The summed E-state index contributed by atoms with van der Waals surface area (Å²) in [4.78, 5) is 10.9. The summed E-state index contributed by atoms with van der Waals surface area (Å²) in [6.45, 7) is 3.63. The number of benzene rings is 1. The molecule has 0 spiro atoms. The standard InChI is InChI=1S/C14H13ClN4O2/c1-3-11-14(19(20)21)12(4-2)18(17-11)13-6-5-10(15)7-9(13)8-16/h5-7H,3-4H2,1-2H3. The lowest BCUT2D eigenvalue weighted by Gasteiger charge is -2.07. The number of nitriles is 1. The highest BCUT2D eigenvalue weighted by Crippen LogP contribution is 2.29. The van der Waals surface area contributed by atoms with Crippen molar-refractivity contribution in [1.82, 2.24) is 9.78 Å². The first-order valence-electron chi connectivity index (χ1n) is 6.48. The minimum atomic E-state index is -0.414. The fourth-order valence-corrected chi connectivity index (χ4v) is 2.42. The minimum Gasteiger partial charge on any atom is -0.258 e. The SMILES string of the molecule is CCc1nn(-c2ccc(Cl)cc2C#N)c(CC)c1[N+](=O)[O-]. The van der Waals surface area contributed by atoms with E-state index in [4.69, 9.17) is 11.6 Å². The normalized spacial score (nSPS) is 10.4. The van der Waals surface area contributed by atoms with Crippen molar-refractivity contribution in [2.75, 3.05) is 0 Å². The van der Waals surface area contributed by atoms with Crippen LogP contribution in [0.25, 0.3) is 5.69 Å². The predicted octanol–water partition coefficient (Wildman–Crippen LogP) is 3.43. The van der Waals surface area contributed by atoms with Crippen molar-refractivity contribution in [1.29, 1.82) is 5.26 Å². The number of hydrogen-bond donors (Lipinski definition) is 0. The fraction of sp³-hybridized carbons (Fsp3) is 0.286. The summed E-state index contributed by atoms with van der Waals surface area (Å²) < 4.78 is 1.48. The van der Waals surface area contributed by atoms with Crippen molar-refractivity contribution >= 4 is 17.3 Å². The monoisotopic (exact) mass is 304 g/mol. The second kappa shape index (κ2) is 5.94. The number of halogens is 1. The summed E-state index contributed by atoms with van der Waals surface area (Å²) in [6.07, 6.45) is 0.891. The second-order valence-corrected chi connectivity index (χ2v) is 4.83. The summed E-state index contributed by atoms with van der Waals surface area (Å²) in [5.41, 5.74) is 1.75.